The lowest BCUT2D eigenvalue weighted by molar-refractivity contribution is 0.474. The number of halogens is 1. The number of fused-ring (bicyclic) bond motifs is 1. The molecule has 0 aliphatic rings. The Hall–Kier alpha value is -2.15. The van der Waals surface area contributed by atoms with E-state index in [0.717, 1.165) is 18.6 Å². The Morgan fingerprint density at radius 2 is 2.08 bits per heavy atom. The van der Waals surface area contributed by atoms with Crippen molar-refractivity contribution in [3.05, 3.63) is 42.0 Å². The summed E-state index contributed by atoms with van der Waals surface area (Å²) in [5.41, 5.74) is 7.95. The van der Waals surface area contributed by atoms with Crippen molar-refractivity contribution in [3.8, 4) is 0 Å². The van der Waals surface area contributed by atoms with Crippen molar-refractivity contribution >= 4 is 28.9 Å². The van der Waals surface area contributed by atoms with Gasteiger partial charge in [0.1, 0.15) is 16.4 Å². The van der Waals surface area contributed by atoms with Crippen molar-refractivity contribution in [2.45, 2.75) is 37.6 Å². The number of aromatic nitrogens is 4. The fraction of sp³-hybridized carbons (Fsp3) is 0.353. The molecule has 0 spiro atoms. The van der Waals surface area contributed by atoms with Gasteiger partial charge in [-0.3, -0.25) is 0 Å². The normalized spacial score (nSPS) is 12.6. The topological polar surface area (TPSA) is 69.6 Å². The van der Waals surface area contributed by atoms with E-state index in [1.807, 2.05) is 10.6 Å². The minimum absolute atomic E-state index is 0.212. The Bertz CT molecular complexity index is 848. The minimum atomic E-state index is -0.217. The average molecular weight is 345 g/mol. The molecule has 24 heavy (non-hydrogen) atoms. The molecule has 1 unspecified atom stereocenters. The smallest absolute Gasteiger partial charge is 0.223 e. The molecular formula is C17H20FN5S. The van der Waals surface area contributed by atoms with Gasteiger partial charge in [0, 0.05) is 12.3 Å². The zero-order valence-electron chi connectivity index (χ0n) is 13.7. The van der Waals surface area contributed by atoms with Crippen LogP contribution in [-0.4, -0.2) is 19.5 Å². The highest BCUT2D eigenvalue weighted by Gasteiger charge is 2.14. The Kier molecular flexibility index (Phi) is 4.99. The Morgan fingerprint density at radius 1 is 1.29 bits per heavy atom. The van der Waals surface area contributed by atoms with E-state index in [2.05, 4.69) is 28.8 Å². The highest BCUT2D eigenvalue weighted by atomic mass is 32.2. The summed E-state index contributed by atoms with van der Waals surface area (Å²) < 4.78 is 15.8. The molecule has 5 nitrogen and oxygen atoms in total. The van der Waals surface area contributed by atoms with Crippen molar-refractivity contribution in [1.29, 1.82) is 0 Å². The fourth-order valence-electron chi connectivity index (χ4n) is 2.40. The van der Waals surface area contributed by atoms with E-state index in [1.54, 1.807) is 18.5 Å². The number of nitrogen functional groups attached to an aromatic ring is 1. The van der Waals surface area contributed by atoms with Gasteiger partial charge in [0.25, 0.3) is 0 Å². The molecule has 0 aliphatic carbocycles. The molecule has 3 rings (SSSR count). The van der Waals surface area contributed by atoms with Gasteiger partial charge in [0.15, 0.2) is 5.65 Å². The molecule has 7 heteroatoms. The first kappa shape index (κ1) is 16.7. The van der Waals surface area contributed by atoms with E-state index < -0.39 is 0 Å². The molecule has 3 aromatic rings. The predicted octanol–water partition coefficient (Wildman–Crippen LogP) is 3.89. The zero-order chi connectivity index (χ0) is 17.1. The number of nitrogens with zero attached hydrogens (tertiary/aromatic N) is 4. The van der Waals surface area contributed by atoms with Crippen LogP contribution in [0.1, 0.15) is 25.8 Å². The number of thioether (sulfide) groups is 1. The SMILES string of the molecule is CCC(C)Cn1cnc2c(SCc3ccccc3F)nc(N)nc21. The number of rotatable bonds is 6. The molecular weight excluding hydrogens is 325 g/mol. The minimum Gasteiger partial charge on any atom is -0.368 e. The highest BCUT2D eigenvalue weighted by Crippen LogP contribution is 2.28. The lowest BCUT2D eigenvalue weighted by atomic mass is 10.1. The number of nitrogens with two attached hydrogens (primary N) is 1. The number of benzene rings is 1. The maximum atomic E-state index is 13.8. The summed E-state index contributed by atoms with van der Waals surface area (Å²) in [5, 5.41) is 0.684. The Morgan fingerprint density at radius 3 is 2.83 bits per heavy atom. The maximum Gasteiger partial charge on any atom is 0.223 e. The first-order chi connectivity index (χ1) is 11.6. The van der Waals surface area contributed by atoms with Crippen molar-refractivity contribution in [2.24, 2.45) is 5.92 Å². The molecule has 0 saturated carbocycles. The van der Waals surface area contributed by atoms with Gasteiger partial charge in [-0.05, 0) is 17.5 Å². The van der Waals surface area contributed by atoms with Gasteiger partial charge in [0.05, 0.1) is 6.33 Å². The van der Waals surface area contributed by atoms with Gasteiger partial charge in [-0.15, -0.1) is 0 Å². The molecule has 0 fully saturated rings. The van der Waals surface area contributed by atoms with Crippen LogP contribution in [0.3, 0.4) is 0 Å². The molecule has 2 heterocycles. The summed E-state index contributed by atoms with van der Waals surface area (Å²) in [5.74, 6) is 0.985. The van der Waals surface area contributed by atoms with E-state index in [0.29, 0.717) is 27.8 Å². The van der Waals surface area contributed by atoms with Gasteiger partial charge >= 0.3 is 0 Å². The average Bonchev–Trinajstić information content (AvgIpc) is 2.96. The van der Waals surface area contributed by atoms with E-state index in [4.69, 9.17) is 5.73 Å². The zero-order valence-corrected chi connectivity index (χ0v) is 14.6. The van der Waals surface area contributed by atoms with Crippen LogP contribution in [0.4, 0.5) is 10.3 Å². The van der Waals surface area contributed by atoms with Gasteiger partial charge in [-0.25, -0.2) is 14.4 Å². The van der Waals surface area contributed by atoms with Crippen molar-refractivity contribution in [3.63, 3.8) is 0 Å². The van der Waals surface area contributed by atoms with Crippen molar-refractivity contribution in [2.75, 3.05) is 5.73 Å². The summed E-state index contributed by atoms with van der Waals surface area (Å²) in [4.78, 5) is 13.1. The number of imidazole rings is 1. The third kappa shape index (κ3) is 3.51. The molecule has 2 N–H and O–H groups in total. The summed E-state index contributed by atoms with van der Waals surface area (Å²) in [7, 11) is 0. The van der Waals surface area contributed by atoms with Crippen LogP contribution in [0.2, 0.25) is 0 Å². The largest absolute Gasteiger partial charge is 0.368 e. The van der Waals surface area contributed by atoms with E-state index in [1.165, 1.54) is 17.8 Å². The summed E-state index contributed by atoms with van der Waals surface area (Å²) in [6.07, 6.45) is 2.85. The fourth-order valence-corrected chi connectivity index (χ4v) is 3.36. The molecule has 1 aromatic carbocycles. The highest BCUT2D eigenvalue weighted by molar-refractivity contribution is 7.98. The molecule has 0 radical (unpaired) electrons. The second-order valence-electron chi connectivity index (χ2n) is 5.85. The van der Waals surface area contributed by atoms with E-state index in [9.17, 15) is 4.39 Å². The number of anilines is 1. The van der Waals surface area contributed by atoms with Crippen LogP contribution in [-0.2, 0) is 12.3 Å². The maximum absolute atomic E-state index is 13.8. The predicted molar refractivity (Wildman–Crippen MR) is 95.2 cm³/mol. The van der Waals surface area contributed by atoms with Gasteiger partial charge in [-0.2, -0.15) is 4.98 Å². The molecule has 1 atom stereocenters. The standard InChI is InChI=1S/C17H20FN5S/c1-3-11(2)8-23-10-20-14-15(23)21-17(19)22-16(14)24-9-12-6-4-5-7-13(12)18/h4-7,10-11H,3,8-9H2,1-2H3,(H2,19,21,22). The van der Waals surface area contributed by atoms with Gasteiger partial charge in [-0.1, -0.05) is 50.2 Å². The van der Waals surface area contributed by atoms with Gasteiger partial charge < -0.3 is 10.3 Å². The molecule has 0 saturated heterocycles. The lowest BCUT2D eigenvalue weighted by Gasteiger charge is -2.10. The monoisotopic (exact) mass is 345 g/mol. The van der Waals surface area contributed by atoms with Crippen LogP contribution in [0.25, 0.3) is 11.2 Å². The summed E-state index contributed by atoms with van der Waals surface area (Å²) in [6, 6.07) is 6.73. The second kappa shape index (κ2) is 7.17. The molecule has 2 aromatic heterocycles. The molecule has 0 amide bonds. The second-order valence-corrected chi connectivity index (χ2v) is 6.81. The number of hydrogen-bond acceptors (Lipinski definition) is 5. The molecule has 126 valence electrons. The van der Waals surface area contributed by atoms with E-state index >= 15 is 0 Å². The van der Waals surface area contributed by atoms with Gasteiger partial charge in [0.2, 0.25) is 5.95 Å². The van der Waals surface area contributed by atoms with Crippen LogP contribution in [0.15, 0.2) is 35.6 Å². The van der Waals surface area contributed by atoms with Crippen molar-refractivity contribution < 1.29 is 4.39 Å². The van der Waals surface area contributed by atoms with Crippen molar-refractivity contribution in [1.82, 2.24) is 19.5 Å². The quantitative estimate of drug-likeness (QED) is 0.542. The lowest BCUT2D eigenvalue weighted by Crippen LogP contribution is -2.07. The summed E-state index contributed by atoms with van der Waals surface area (Å²) in [6.45, 7) is 5.17. The third-order valence-corrected chi connectivity index (χ3v) is 4.99. The Balaban J connectivity index is 1.89. The molecule has 0 aliphatic heterocycles. The first-order valence-electron chi connectivity index (χ1n) is 7.93. The third-order valence-electron chi connectivity index (χ3n) is 3.98. The number of hydrogen-bond donors (Lipinski definition) is 1. The van der Waals surface area contributed by atoms with E-state index in [-0.39, 0.29) is 11.8 Å². The Labute approximate surface area is 144 Å². The van der Waals surface area contributed by atoms with Crippen LogP contribution < -0.4 is 5.73 Å². The van der Waals surface area contributed by atoms with Crippen LogP contribution >= 0.6 is 11.8 Å². The van der Waals surface area contributed by atoms with Crippen LogP contribution in [0.5, 0.6) is 0 Å². The molecule has 0 bridgehead atoms. The van der Waals surface area contributed by atoms with Crippen LogP contribution in [0, 0.1) is 11.7 Å². The first-order valence-corrected chi connectivity index (χ1v) is 8.91. The summed E-state index contributed by atoms with van der Waals surface area (Å²) >= 11 is 1.42.